The molecule has 0 saturated heterocycles. The zero-order chi connectivity index (χ0) is 11.1. The molecular weight excluding hydrogens is 212 g/mol. The fourth-order valence-corrected chi connectivity index (χ4v) is 1.76. The molecule has 0 bridgehead atoms. The van der Waals surface area contributed by atoms with Crippen molar-refractivity contribution in [3.8, 4) is 6.01 Å². The Morgan fingerprint density at radius 2 is 2.38 bits per heavy atom. The summed E-state index contributed by atoms with van der Waals surface area (Å²) < 4.78 is 11.4. The van der Waals surface area contributed by atoms with E-state index < -0.39 is 0 Å². The first-order valence-electron chi connectivity index (χ1n) is 4.92. The zero-order valence-electron chi connectivity index (χ0n) is 8.69. The molecule has 0 atom stereocenters. The number of hydrogen-bond donors (Lipinski definition) is 1. The first-order valence-corrected chi connectivity index (χ1v) is 4.92. The van der Waals surface area contributed by atoms with E-state index >= 15 is 0 Å². The first-order chi connectivity index (χ1) is 7.79. The molecule has 0 spiro atoms. The maximum absolute atomic E-state index is 12.0. The monoisotopic (exact) mass is 222 g/mol. The molecule has 0 aromatic carbocycles. The van der Waals surface area contributed by atoms with Crippen molar-refractivity contribution in [2.75, 3.05) is 13.7 Å². The van der Waals surface area contributed by atoms with Gasteiger partial charge in [-0.05, 0) is 0 Å². The number of hydrogen-bond acceptors (Lipinski definition) is 5. The summed E-state index contributed by atoms with van der Waals surface area (Å²) in [5.74, 6) is 0.336. The summed E-state index contributed by atoms with van der Waals surface area (Å²) in [5, 5.41) is 2.72. The van der Waals surface area contributed by atoms with Crippen molar-refractivity contribution >= 4 is 5.78 Å². The summed E-state index contributed by atoms with van der Waals surface area (Å²) in [4.78, 5) is 20.4. The van der Waals surface area contributed by atoms with Gasteiger partial charge in [0.2, 0.25) is 0 Å². The van der Waals surface area contributed by atoms with Crippen LogP contribution in [0.5, 0.6) is 6.01 Å². The van der Waals surface area contributed by atoms with Crippen molar-refractivity contribution in [3.05, 3.63) is 21.6 Å². The van der Waals surface area contributed by atoms with Gasteiger partial charge >= 0.3 is 6.01 Å². The molecule has 0 unspecified atom stereocenters. The van der Waals surface area contributed by atoms with Crippen LogP contribution in [-0.2, 0) is 17.8 Å². The van der Waals surface area contributed by atoms with E-state index in [1.165, 1.54) is 11.6 Å². The van der Waals surface area contributed by atoms with Crippen molar-refractivity contribution in [1.29, 1.82) is 0 Å². The van der Waals surface area contributed by atoms with Gasteiger partial charge in [-0.25, -0.2) is 10.1 Å². The highest BCUT2D eigenvalue weighted by atomic mass is 16.5. The van der Waals surface area contributed by atoms with E-state index in [4.69, 9.17) is 9.47 Å². The molecule has 16 heavy (non-hydrogen) atoms. The molecule has 2 aromatic rings. The van der Waals surface area contributed by atoms with E-state index in [2.05, 4.69) is 15.1 Å². The van der Waals surface area contributed by atoms with Gasteiger partial charge in [0.05, 0.1) is 31.6 Å². The average molecular weight is 222 g/mol. The van der Waals surface area contributed by atoms with Gasteiger partial charge in [0.25, 0.3) is 11.3 Å². The van der Waals surface area contributed by atoms with Gasteiger partial charge in [-0.1, -0.05) is 0 Å². The third-order valence-electron chi connectivity index (χ3n) is 2.58. The number of aromatic amines is 1. The highest BCUT2D eigenvalue weighted by Gasteiger charge is 2.18. The van der Waals surface area contributed by atoms with Gasteiger partial charge in [0.15, 0.2) is 0 Å². The Morgan fingerprint density at radius 3 is 3.19 bits per heavy atom. The molecular formula is C9H10N4O3. The van der Waals surface area contributed by atoms with E-state index in [1.54, 1.807) is 0 Å². The summed E-state index contributed by atoms with van der Waals surface area (Å²) in [6.45, 7) is 0.905. The van der Waals surface area contributed by atoms with Crippen LogP contribution in [0.15, 0.2) is 4.79 Å². The van der Waals surface area contributed by atoms with Gasteiger partial charge in [0.1, 0.15) is 0 Å². The van der Waals surface area contributed by atoms with Crippen molar-refractivity contribution < 1.29 is 9.47 Å². The maximum atomic E-state index is 12.0. The lowest BCUT2D eigenvalue weighted by molar-refractivity contribution is 0.108. The third-order valence-corrected chi connectivity index (χ3v) is 2.58. The van der Waals surface area contributed by atoms with E-state index in [9.17, 15) is 4.79 Å². The Hall–Kier alpha value is -1.89. The van der Waals surface area contributed by atoms with Crippen molar-refractivity contribution in [1.82, 2.24) is 19.6 Å². The quantitative estimate of drug-likeness (QED) is 0.703. The number of methoxy groups -OCH3 is 1. The SMILES string of the molecule is COc1nc2nc3c(c(=O)n2[nH]1)COCC3. The highest BCUT2D eigenvalue weighted by molar-refractivity contribution is 5.34. The van der Waals surface area contributed by atoms with Crippen LogP contribution in [0, 0.1) is 0 Å². The molecule has 7 nitrogen and oxygen atoms in total. The molecule has 3 heterocycles. The number of fused-ring (bicyclic) bond motifs is 2. The number of rotatable bonds is 1. The van der Waals surface area contributed by atoms with Gasteiger partial charge in [-0.15, -0.1) is 0 Å². The fourth-order valence-electron chi connectivity index (χ4n) is 1.76. The lowest BCUT2D eigenvalue weighted by Gasteiger charge is -2.13. The zero-order valence-corrected chi connectivity index (χ0v) is 8.69. The summed E-state index contributed by atoms with van der Waals surface area (Å²) >= 11 is 0. The van der Waals surface area contributed by atoms with Crippen LogP contribution >= 0.6 is 0 Å². The van der Waals surface area contributed by atoms with Crippen LogP contribution in [0.2, 0.25) is 0 Å². The summed E-state index contributed by atoms with van der Waals surface area (Å²) in [6.07, 6.45) is 0.649. The van der Waals surface area contributed by atoms with Crippen molar-refractivity contribution in [2.24, 2.45) is 0 Å². The molecule has 2 aromatic heterocycles. The molecule has 7 heteroatoms. The predicted octanol–water partition coefficient (Wildman–Crippen LogP) is -0.501. The van der Waals surface area contributed by atoms with Crippen LogP contribution in [0.1, 0.15) is 11.3 Å². The summed E-state index contributed by atoms with van der Waals surface area (Å²) in [7, 11) is 1.48. The summed E-state index contributed by atoms with van der Waals surface area (Å²) in [6, 6.07) is 0.271. The number of nitrogens with one attached hydrogen (secondary N) is 1. The van der Waals surface area contributed by atoms with Crippen molar-refractivity contribution in [2.45, 2.75) is 13.0 Å². The predicted molar refractivity (Wildman–Crippen MR) is 53.5 cm³/mol. The standard InChI is InChI=1S/C9H10N4O3/c1-15-9-11-8-10-6-2-3-16-4-5(6)7(14)13(8)12-9/h2-4H2,1H3,(H,10,11,12). The lowest BCUT2D eigenvalue weighted by atomic mass is 10.1. The van der Waals surface area contributed by atoms with Crippen LogP contribution in [0.25, 0.3) is 5.78 Å². The fraction of sp³-hybridized carbons (Fsp3) is 0.444. The highest BCUT2D eigenvalue weighted by Crippen LogP contribution is 2.12. The Balaban J connectivity index is 2.32. The first kappa shape index (κ1) is 9.34. The summed E-state index contributed by atoms with van der Waals surface area (Å²) in [5.41, 5.74) is 1.19. The number of nitrogens with zero attached hydrogens (tertiary/aromatic N) is 3. The molecule has 0 fully saturated rings. The molecule has 0 radical (unpaired) electrons. The number of H-pyrrole nitrogens is 1. The second kappa shape index (κ2) is 3.31. The minimum Gasteiger partial charge on any atom is -0.467 e. The third kappa shape index (κ3) is 1.21. The van der Waals surface area contributed by atoms with Crippen LogP contribution in [-0.4, -0.2) is 33.3 Å². The Kier molecular flexibility index (Phi) is 1.93. The molecule has 0 aliphatic carbocycles. The molecule has 3 rings (SSSR count). The molecule has 1 aliphatic heterocycles. The normalized spacial score (nSPS) is 15.1. The average Bonchev–Trinajstić information content (AvgIpc) is 2.73. The number of ether oxygens (including phenoxy) is 2. The molecule has 84 valence electrons. The second-order valence-electron chi connectivity index (χ2n) is 3.51. The minimum atomic E-state index is -0.171. The number of aromatic nitrogens is 4. The van der Waals surface area contributed by atoms with Crippen molar-refractivity contribution in [3.63, 3.8) is 0 Å². The van der Waals surface area contributed by atoms with Gasteiger partial charge in [-0.2, -0.15) is 9.50 Å². The van der Waals surface area contributed by atoms with E-state index in [0.717, 1.165) is 5.69 Å². The molecule has 0 saturated carbocycles. The Labute approximate surface area is 90.0 Å². The van der Waals surface area contributed by atoms with Gasteiger partial charge in [-0.3, -0.25) is 4.79 Å². The Morgan fingerprint density at radius 1 is 1.50 bits per heavy atom. The molecule has 0 amide bonds. The minimum absolute atomic E-state index is 0.171. The van der Waals surface area contributed by atoms with E-state index in [1.807, 2.05) is 0 Å². The van der Waals surface area contributed by atoms with Crippen LogP contribution in [0.4, 0.5) is 0 Å². The maximum Gasteiger partial charge on any atom is 0.312 e. The topological polar surface area (TPSA) is 81.5 Å². The van der Waals surface area contributed by atoms with E-state index in [0.29, 0.717) is 31.0 Å². The van der Waals surface area contributed by atoms with Crippen LogP contribution < -0.4 is 10.3 Å². The second-order valence-corrected chi connectivity index (χ2v) is 3.51. The Bertz CT molecular complexity index is 601. The molecule has 1 N–H and O–H groups in total. The van der Waals surface area contributed by atoms with Crippen LogP contribution in [0.3, 0.4) is 0 Å². The molecule has 1 aliphatic rings. The smallest absolute Gasteiger partial charge is 0.312 e. The van der Waals surface area contributed by atoms with E-state index in [-0.39, 0.29) is 11.6 Å². The largest absolute Gasteiger partial charge is 0.467 e. The lowest BCUT2D eigenvalue weighted by Crippen LogP contribution is -2.27. The van der Waals surface area contributed by atoms with Gasteiger partial charge in [0, 0.05) is 6.42 Å². The van der Waals surface area contributed by atoms with Gasteiger partial charge < -0.3 is 9.47 Å².